The average molecular weight is 279 g/mol. The summed E-state index contributed by atoms with van der Waals surface area (Å²) in [6, 6.07) is 5.16. The Morgan fingerprint density at radius 1 is 1.30 bits per heavy atom. The number of benzene rings is 1. The minimum absolute atomic E-state index is 0.106. The van der Waals surface area contributed by atoms with Gasteiger partial charge < -0.3 is 5.32 Å². The first kappa shape index (κ1) is 13.9. The maximum Gasteiger partial charge on any atom is 0.295 e. The van der Waals surface area contributed by atoms with Gasteiger partial charge >= 0.3 is 0 Å². The largest absolute Gasteiger partial charge is 0.373 e. The van der Waals surface area contributed by atoms with E-state index in [1.807, 2.05) is 6.92 Å². The monoisotopic (exact) mass is 279 g/mol. The molecule has 104 valence electrons. The third-order valence-electron chi connectivity index (χ3n) is 2.71. The fourth-order valence-corrected chi connectivity index (χ4v) is 1.65. The standard InChI is InChI=1S/C13H11F2N3O2/c1-8-2-3-9(6-16-8)7-17-13-11(18(19)20)5-4-10(14)12(13)15/h2-6,17H,7H2,1H3. The van der Waals surface area contributed by atoms with E-state index in [-0.39, 0.29) is 6.54 Å². The van der Waals surface area contributed by atoms with Crippen LogP contribution >= 0.6 is 0 Å². The second-order valence-corrected chi connectivity index (χ2v) is 4.17. The van der Waals surface area contributed by atoms with Gasteiger partial charge in [-0.1, -0.05) is 6.07 Å². The van der Waals surface area contributed by atoms with E-state index in [9.17, 15) is 18.9 Å². The molecule has 2 aromatic rings. The molecule has 0 fully saturated rings. The van der Waals surface area contributed by atoms with E-state index in [4.69, 9.17) is 0 Å². The minimum atomic E-state index is -1.26. The van der Waals surface area contributed by atoms with Gasteiger partial charge in [-0.25, -0.2) is 8.78 Å². The number of hydrogen-bond donors (Lipinski definition) is 1. The molecule has 0 aliphatic heterocycles. The number of halogens is 2. The second-order valence-electron chi connectivity index (χ2n) is 4.17. The van der Waals surface area contributed by atoms with Crippen LogP contribution in [0.3, 0.4) is 0 Å². The van der Waals surface area contributed by atoms with Crippen LogP contribution in [-0.2, 0) is 6.54 Å². The maximum absolute atomic E-state index is 13.6. The number of rotatable bonds is 4. The van der Waals surface area contributed by atoms with Crippen LogP contribution in [0.4, 0.5) is 20.2 Å². The Labute approximate surface area is 113 Å². The number of nitrogens with one attached hydrogen (secondary N) is 1. The Hall–Kier alpha value is -2.57. The smallest absolute Gasteiger partial charge is 0.295 e. The number of anilines is 1. The summed E-state index contributed by atoms with van der Waals surface area (Å²) in [7, 11) is 0. The van der Waals surface area contributed by atoms with Crippen molar-refractivity contribution in [1.82, 2.24) is 4.98 Å². The third kappa shape index (κ3) is 2.87. The fourth-order valence-electron chi connectivity index (χ4n) is 1.65. The van der Waals surface area contributed by atoms with Crippen molar-refractivity contribution < 1.29 is 13.7 Å². The Bertz CT molecular complexity index is 645. The van der Waals surface area contributed by atoms with Crippen LogP contribution in [0.5, 0.6) is 0 Å². The zero-order valence-electron chi connectivity index (χ0n) is 10.6. The molecule has 20 heavy (non-hydrogen) atoms. The van der Waals surface area contributed by atoms with E-state index in [1.165, 1.54) is 0 Å². The Kier molecular flexibility index (Phi) is 3.88. The van der Waals surface area contributed by atoms with Crippen molar-refractivity contribution in [2.24, 2.45) is 0 Å². The lowest BCUT2D eigenvalue weighted by atomic mass is 10.2. The molecule has 5 nitrogen and oxygen atoms in total. The molecular weight excluding hydrogens is 268 g/mol. The van der Waals surface area contributed by atoms with Crippen molar-refractivity contribution in [3.8, 4) is 0 Å². The molecule has 1 aromatic heterocycles. The summed E-state index contributed by atoms with van der Waals surface area (Å²) in [6.07, 6.45) is 1.56. The molecule has 0 saturated carbocycles. The van der Waals surface area contributed by atoms with Gasteiger partial charge in [0.25, 0.3) is 5.69 Å². The first-order valence-corrected chi connectivity index (χ1v) is 5.77. The van der Waals surface area contributed by atoms with E-state index in [2.05, 4.69) is 10.3 Å². The number of aryl methyl sites for hydroxylation is 1. The Morgan fingerprint density at radius 2 is 2.05 bits per heavy atom. The number of aromatic nitrogens is 1. The van der Waals surface area contributed by atoms with Gasteiger partial charge in [0.15, 0.2) is 17.3 Å². The van der Waals surface area contributed by atoms with E-state index in [0.717, 1.165) is 17.8 Å². The van der Waals surface area contributed by atoms with Gasteiger partial charge in [-0.05, 0) is 24.6 Å². The Balaban J connectivity index is 2.26. The second kappa shape index (κ2) is 5.60. The zero-order valence-corrected chi connectivity index (χ0v) is 10.6. The topological polar surface area (TPSA) is 68.1 Å². The van der Waals surface area contributed by atoms with Crippen molar-refractivity contribution >= 4 is 11.4 Å². The quantitative estimate of drug-likeness (QED) is 0.689. The summed E-state index contributed by atoms with van der Waals surface area (Å²) in [6.45, 7) is 1.92. The SMILES string of the molecule is Cc1ccc(CNc2c([N+](=O)[O-])ccc(F)c2F)cn1. The van der Waals surface area contributed by atoms with Gasteiger partial charge in [0, 0.05) is 24.5 Å². The molecule has 0 radical (unpaired) electrons. The van der Waals surface area contributed by atoms with Gasteiger partial charge in [0.05, 0.1) is 4.92 Å². The van der Waals surface area contributed by atoms with Gasteiger partial charge in [-0.3, -0.25) is 15.1 Å². The average Bonchev–Trinajstić information content (AvgIpc) is 2.42. The minimum Gasteiger partial charge on any atom is -0.373 e. The number of nitro groups is 1. The molecule has 1 N–H and O–H groups in total. The van der Waals surface area contributed by atoms with Crippen LogP contribution in [0, 0.1) is 28.7 Å². The van der Waals surface area contributed by atoms with Gasteiger partial charge in [-0.15, -0.1) is 0 Å². The highest BCUT2D eigenvalue weighted by molar-refractivity contribution is 5.62. The molecular formula is C13H11F2N3O2. The predicted octanol–water partition coefficient (Wildman–Crippen LogP) is 3.19. The zero-order chi connectivity index (χ0) is 14.7. The first-order valence-electron chi connectivity index (χ1n) is 5.77. The van der Waals surface area contributed by atoms with Gasteiger partial charge in [0.2, 0.25) is 0 Å². The first-order chi connectivity index (χ1) is 9.49. The highest BCUT2D eigenvalue weighted by Crippen LogP contribution is 2.29. The third-order valence-corrected chi connectivity index (χ3v) is 2.71. The molecule has 0 saturated heterocycles. The van der Waals surface area contributed by atoms with Gasteiger partial charge in [0.1, 0.15) is 0 Å². The molecule has 1 aromatic carbocycles. The summed E-state index contributed by atoms with van der Waals surface area (Å²) in [5.74, 6) is -2.40. The van der Waals surface area contributed by atoms with Crippen LogP contribution in [0.25, 0.3) is 0 Å². The fraction of sp³-hybridized carbons (Fsp3) is 0.154. The number of nitrogens with zero attached hydrogens (tertiary/aromatic N) is 2. The van der Waals surface area contributed by atoms with Crippen molar-refractivity contribution in [2.75, 3.05) is 5.32 Å². The highest BCUT2D eigenvalue weighted by Gasteiger charge is 2.21. The van der Waals surface area contributed by atoms with E-state index in [1.54, 1.807) is 18.3 Å². The molecule has 0 atom stereocenters. The van der Waals surface area contributed by atoms with Crippen molar-refractivity contribution in [1.29, 1.82) is 0 Å². The molecule has 2 rings (SSSR count). The molecule has 0 spiro atoms. The lowest BCUT2D eigenvalue weighted by molar-refractivity contribution is -0.384. The van der Waals surface area contributed by atoms with E-state index in [0.29, 0.717) is 5.56 Å². The van der Waals surface area contributed by atoms with Crippen molar-refractivity contribution in [3.05, 3.63) is 63.5 Å². The molecule has 1 heterocycles. The molecule has 0 unspecified atom stereocenters. The molecule has 0 bridgehead atoms. The summed E-state index contributed by atoms with van der Waals surface area (Å²) >= 11 is 0. The molecule has 7 heteroatoms. The van der Waals surface area contributed by atoms with Gasteiger partial charge in [-0.2, -0.15) is 0 Å². The lowest BCUT2D eigenvalue weighted by Gasteiger charge is -2.08. The predicted molar refractivity (Wildman–Crippen MR) is 69.3 cm³/mol. The normalized spacial score (nSPS) is 10.3. The van der Waals surface area contributed by atoms with Crippen LogP contribution in [0.2, 0.25) is 0 Å². The van der Waals surface area contributed by atoms with Crippen LogP contribution in [0.15, 0.2) is 30.5 Å². The summed E-state index contributed by atoms with van der Waals surface area (Å²) in [5.41, 5.74) is 0.546. The number of nitro benzene ring substituents is 1. The molecule has 0 amide bonds. The highest BCUT2D eigenvalue weighted by atomic mass is 19.2. The van der Waals surface area contributed by atoms with Crippen LogP contribution in [0.1, 0.15) is 11.3 Å². The van der Waals surface area contributed by atoms with Crippen molar-refractivity contribution in [3.63, 3.8) is 0 Å². The van der Waals surface area contributed by atoms with E-state index >= 15 is 0 Å². The lowest BCUT2D eigenvalue weighted by Crippen LogP contribution is -2.06. The molecule has 0 aliphatic carbocycles. The Morgan fingerprint density at radius 3 is 2.65 bits per heavy atom. The number of hydrogen-bond acceptors (Lipinski definition) is 4. The van der Waals surface area contributed by atoms with Crippen molar-refractivity contribution in [2.45, 2.75) is 13.5 Å². The summed E-state index contributed by atoms with van der Waals surface area (Å²) in [4.78, 5) is 14.1. The maximum atomic E-state index is 13.6. The van der Waals surface area contributed by atoms with Crippen LogP contribution < -0.4 is 5.32 Å². The summed E-state index contributed by atoms with van der Waals surface area (Å²) in [5, 5.41) is 13.3. The summed E-state index contributed by atoms with van der Waals surface area (Å²) < 4.78 is 26.8. The van der Waals surface area contributed by atoms with E-state index < -0.39 is 27.9 Å². The number of pyridine rings is 1. The van der Waals surface area contributed by atoms with Crippen LogP contribution in [-0.4, -0.2) is 9.91 Å². The molecule has 0 aliphatic rings.